The lowest BCUT2D eigenvalue weighted by molar-refractivity contribution is -0.125. The minimum atomic E-state index is -0.572. The average Bonchev–Trinajstić information content (AvgIpc) is 2.62. The third-order valence-corrected chi connectivity index (χ3v) is 4.86. The van der Waals surface area contributed by atoms with Crippen molar-refractivity contribution in [2.45, 2.75) is 32.9 Å². The topological polar surface area (TPSA) is 23.6 Å². The van der Waals surface area contributed by atoms with E-state index in [1.165, 1.54) is 23.8 Å². The summed E-state index contributed by atoms with van der Waals surface area (Å²) >= 11 is 0. The molecule has 1 saturated heterocycles. The number of halogens is 2. The molecule has 132 valence electrons. The number of nitrogens with zero attached hydrogens (tertiary/aromatic N) is 2. The van der Waals surface area contributed by atoms with Gasteiger partial charge in [0.1, 0.15) is 11.6 Å². The molecule has 0 aromatic heterocycles. The van der Waals surface area contributed by atoms with E-state index < -0.39 is 17.7 Å². The van der Waals surface area contributed by atoms with E-state index in [4.69, 9.17) is 0 Å². The van der Waals surface area contributed by atoms with Crippen LogP contribution in [0.1, 0.15) is 25.0 Å². The number of hydrogen-bond acceptors (Lipinski definition) is 2. The fourth-order valence-corrected chi connectivity index (χ4v) is 3.18. The maximum absolute atomic E-state index is 13.9. The van der Waals surface area contributed by atoms with Gasteiger partial charge < -0.3 is 4.90 Å². The van der Waals surface area contributed by atoms with Crippen LogP contribution in [0.2, 0.25) is 0 Å². The first-order chi connectivity index (χ1) is 12.0. The van der Waals surface area contributed by atoms with Gasteiger partial charge in [0.15, 0.2) is 0 Å². The predicted octanol–water partition coefficient (Wildman–Crippen LogP) is 3.76. The van der Waals surface area contributed by atoms with Crippen LogP contribution in [0.15, 0.2) is 42.5 Å². The van der Waals surface area contributed by atoms with Gasteiger partial charge in [-0.25, -0.2) is 8.78 Å². The van der Waals surface area contributed by atoms with Crippen LogP contribution in [0.4, 0.5) is 14.5 Å². The highest BCUT2D eigenvalue weighted by molar-refractivity contribution is 5.97. The van der Waals surface area contributed by atoms with Gasteiger partial charge in [-0.2, -0.15) is 0 Å². The van der Waals surface area contributed by atoms with E-state index in [2.05, 4.69) is 6.92 Å². The second-order valence-corrected chi connectivity index (χ2v) is 6.36. The molecule has 2 aromatic rings. The first-order valence-corrected chi connectivity index (χ1v) is 8.58. The van der Waals surface area contributed by atoms with Gasteiger partial charge in [-0.15, -0.1) is 0 Å². The highest BCUT2D eigenvalue weighted by atomic mass is 19.1. The molecule has 0 spiro atoms. The maximum atomic E-state index is 13.9. The SMILES string of the molecule is CCc1ccc(N2CCN(Cc3c(F)cccc3F)[C@H](C)C2=O)cc1. The van der Waals surface area contributed by atoms with Gasteiger partial charge in [0.2, 0.25) is 5.91 Å². The first-order valence-electron chi connectivity index (χ1n) is 8.58. The zero-order valence-corrected chi connectivity index (χ0v) is 14.5. The van der Waals surface area contributed by atoms with E-state index in [9.17, 15) is 13.6 Å². The van der Waals surface area contributed by atoms with Gasteiger partial charge in [-0.05, 0) is 43.2 Å². The number of anilines is 1. The van der Waals surface area contributed by atoms with Crippen molar-refractivity contribution >= 4 is 11.6 Å². The van der Waals surface area contributed by atoms with Crippen molar-refractivity contribution in [1.29, 1.82) is 0 Å². The van der Waals surface area contributed by atoms with Crippen molar-refractivity contribution in [2.75, 3.05) is 18.0 Å². The third kappa shape index (κ3) is 3.56. The number of aryl methyl sites for hydroxylation is 1. The Morgan fingerprint density at radius 2 is 1.68 bits per heavy atom. The summed E-state index contributed by atoms with van der Waals surface area (Å²) < 4.78 is 27.8. The van der Waals surface area contributed by atoms with Crippen LogP contribution in [0.3, 0.4) is 0 Å². The number of carbonyl (C=O) groups is 1. The molecule has 0 bridgehead atoms. The number of hydrogen-bond donors (Lipinski definition) is 0. The summed E-state index contributed by atoms with van der Waals surface area (Å²) in [5, 5.41) is 0. The van der Waals surface area contributed by atoms with Crippen LogP contribution in [0.5, 0.6) is 0 Å². The van der Waals surface area contributed by atoms with Crippen LogP contribution in [0.25, 0.3) is 0 Å². The van der Waals surface area contributed by atoms with Gasteiger partial charge in [0, 0.05) is 30.9 Å². The summed E-state index contributed by atoms with van der Waals surface area (Å²) in [5.41, 5.74) is 2.10. The van der Waals surface area contributed by atoms with E-state index >= 15 is 0 Å². The molecule has 2 aromatic carbocycles. The lowest BCUT2D eigenvalue weighted by Crippen LogP contribution is -2.55. The molecule has 0 radical (unpaired) electrons. The Kier molecular flexibility index (Phi) is 5.13. The summed E-state index contributed by atoms with van der Waals surface area (Å²) in [4.78, 5) is 16.3. The smallest absolute Gasteiger partial charge is 0.244 e. The number of piperazine rings is 1. The van der Waals surface area contributed by atoms with Crippen molar-refractivity contribution in [3.8, 4) is 0 Å². The molecular formula is C20H22F2N2O. The summed E-state index contributed by atoms with van der Waals surface area (Å²) in [6, 6.07) is 11.4. The fraction of sp³-hybridized carbons (Fsp3) is 0.350. The molecule has 25 heavy (non-hydrogen) atoms. The average molecular weight is 344 g/mol. The van der Waals surface area contributed by atoms with E-state index in [-0.39, 0.29) is 18.0 Å². The normalized spacial score (nSPS) is 18.6. The molecule has 0 N–H and O–H groups in total. The number of carbonyl (C=O) groups excluding carboxylic acids is 1. The molecule has 1 atom stereocenters. The highest BCUT2D eigenvalue weighted by Gasteiger charge is 2.33. The second-order valence-electron chi connectivity index (χ2n) is 6.36. The van der Waals surface area contributed by atoms with Gasteiger partial charge >= 0.3 is 0 Å². The third-order valence-electron chi connectivity index (χ3n) is 4.86. The van der Waals surface area contributed by atoms with Crippen LogP contribution >= 0.6 is 0 Å². The number of benzene rings is 2. The number of amides is 1. The zero-order valence-electron chi connectivity index (χ0n) is 14.5. The molecule has 1 aliphatic rings. The Morgan fingerprint density at radius 1 is 1.04 bits per heavy atom. The lowest BCUT2D eigenvalue weighted by Gasteiger charge is -2.39. The Bertz CT molecular complexity index is 741. The number of rotatable bonds is 4. The van der Waals surface area contributed by atoms with Crippen LogP contribution in [0, 0.1) is 11.6 Å². The van der Waals surface area contributed by atoms with Crippen LogP contribution in [-0.4, -0.2) is 29.9 Å². The lowest BCUT2D eigenvalue weighted by atomic mass is 10.1. The molecule has 1 heterocycles. The summed E-state index contributed by atoms with van der Waals surface area (Å²) in [5.74, 6) is -1.19. The quantitative estimate of drug-likeness (QED) is 0.843. The maximum Gasteiger partial charge on any atom is 0.244 e. The standard InChI is InChI=1S/C20H22F2N2O/c1-3-15-7-9-16(10-8-15)24-12-11-23(14(2)20(24)25)13-17-18(21)5-4-6-19(17)22/h4-10,14H,3,11-13H2,1-2H3/t14-/m1/s1. The monoisotopic (exact) mass is 344 g/mol. The molecular weight excluding hydrogens is 322 g/mol. The van der Waals surface area contributed by atoms with E-state index in [1.807, 2.05) is 29.2 Å². The summed E-state index contributed by atoms with van der Waals surface area (Å²) in [7, 11) is 0. The van der Waals surface area contributed by atoms with Crippen molar-refractivity contribution in [3.05, 3.63) is 65.2 Å². The molecule has 3 nitrogen and oxygen atoms in total. The second kappa shape index (κ2) is 7.31. The van der Waals surface area contributed by atoms with Crippen LogP contribution < -0.4 is 4.90 Å². The Morgan fingerprint density at radius 3 is 2.28 bits per heavy atom. The predicted molar refractivity (Wildman–Crippen MR) is 94.4 cm³/mol. The van der Waals surface area contributed by atoms with E-state index in [1.54, 1.807) is 11.8 Å². The molecule has 0 unspecified atom stereocenters. The largest absolute Gasteiger partial charge is 0.310 e. The molecule has 0 aliphatic carbocycles. The van der Waals surface area contributed by atoms with Gasteiger partial charge in [-0.1, -0.05) is 25.1 Å². The van der Waals surface area contributed by atoms with Crippen molar-refractivity contribution in [1.82, 2.24) is 4.90 Å². The van der Waals surface area contributed by atoms with Gasteiger partial charge in [0.05, 0.1) is 6.04 Å². The minimum Gasteiger partial charge on any atom is -0.310 e. The van der Waals surface area contributed by atoms with E-state index in [0.717, 1.165) is 12.1 Å². The van der Waals surface area contributed by atoms with Gasteiger partial charge in [-0.3, -0.25) is 9.69 Å². The van der Waals surface area contributed by atoms with Crippen molar-refractivity contribution in [3.63, 3.8) is 0 Å². The Hall–Kier alpha value is -2.27. The minimum absolute atomic E-state index is 0.0166. The van der Waals surface area contributed by atoms with Crippen LogP contribution in [-0.2, 0) is 17.8 Å². The molecule has 5 heteroatoms. The Balaban J connectivity index is 1.75. The molecule has 1 amide bonds. The van der Waals surface area contributed by atoms with Gasteiger partial charge in [0.25, 0.3) is 0 Å². The Labute approximate surface area is 146 Å². The molecule has 1 fully saturated rings. The fourth-order valence-electron chi connectivity index (χ4n) is 3.18. The zero-order chi connectivity index (χ0) is 18.0. The highest BCUT2D eigenvalue weighted by Crippen LogP contribution is 2.23. The van der Waals surface area contributed by atoms with Crippen molar-refractivity contribution in [2.24, 2.45) is 0 Å². The van der Waals surface area contributed by atoms with Crippen molar-refractivity contribution < 1.29 is 13.6 Å². The molecule has 3 rings (SSSR count). The first kappa shape index (κ1) is 17.5. The summed E-state index contributed by atoms with van der Waals surface area (Å²) in [6.45, 7) is 5.03. The molecule has 0 saturated carbocycles. The molecule has 1 aliphatic heterocycles. The summed E-state index contributed by atoms with van der Waals surface area (Å²) in [6.07, 6.45) is 0.951. The van der Waals surface area contributed by atoms with E-state index in [0.29, 0.717) is 13.1 Å².